The number of imidazole rings is 1. The van der Waals surface area contributed by atoms with E-state index in [2.05, 4.69) is 29.6 Å². The maximum absolute atomic E-state index is 4.42. The highest BCUT2D eigenvalue weighted by Gasteiger charge is 2.08. The fraction of sp³-hybridized carbons (Fsp3) is 0.667. The molecular formula is C9H17N3. The zero-order valence-corrected chi connectivity index (χ0v) is 8.50. The summed E-state index contributed by atoms with van der Waals surface area (Å²) in [5, 5.41) is 0. The van der Waals surface area contributed by atoms with Crippen LogP contribution in [0.5, 0.6) is 0 Å². The van der Waals surface area contributed by atoms with Crippen LogP contribution in [0.4, 0.5) is 5.95 Å². The summed E-state index contributed by atoms with van der Waals surface area (Å²) in [6.45, 7) is 6.34. The minimum Gasteiger partial charge on any atom is -0.348 e. The molecule has 12 heavy (non-hydrogen) atoms. The topological polar surface area (TPSA) is 21.1 Å². The predicted molar refractivity (Wildman–Crippen MR) is 51.7 cm³/mol. The van der Waals surface area contributed by atoms with E-state index in [9.17, 15) is 0 Å². The molecule has 1 rings (SSSR count). The number of hydrogen-bond donors (Lipinski definition) is 0. The molecule has 0 bridgehead atoms. The number of anilines is 1. The van der Waals surface area contributed by atoms with Gasteiger partial charge in [-0.1, -0.05) is 0 Å². The molecule has 0 aromatic carbocycles. The summed E-state index contributed by atoms with van der Waals surface area (Å²) in [5.74, 6) is 1.03. The van der Waals surface area contributed by atoms with Crippen molar-refractivity contribution in [2.75, 3.05) is 19.0 Å². The lowest BCUT2D eigenvalue weighted by molar-refractivity contribution is 0.597. The van der Waals surface area contributed by atoms with E-state index in [1.807, 2.05) is 25.9 Å². The molecule has 0 amide bonds. The van der Waals surface area contributed by atoms with Gasteiger partial charge in [0.2, 0.25) is 5.95 Å². The Morgan fingerprint density at radius 3 is 2.33 bits per heavy atom. The van der Waals surface area contributed by atoms with Crippen molar-refractivity contribution in [3.63, 3.8) is 0 Å². The minimum absolute atomic E-state index is 0.476. The number of hydrogen-bond acceptors (Lipinski definition) is 2. The van der Waals surface area contributed by atoms with Gasteiger partial charge in [-0.2, -0.15) is 0 Å². The molecule has 0 radical (unpaired) electrons. The fourth-order valence-corrected chi connectivity index (χ4v) is 1.21. The van der Waals surface area contributed by atoms with Gasteiger partial charge in [0.15, 0.2) is 0 Å². The lowest BCUT2D eigenvalue weighted by Gasteiger charge is -2.16. The fourth-order valence-electron chi connectivity index (χ4n) is 1.21. The van der Waals surface area contributed by atoms with Crippen LogP contribution in [0.3, 0.4) is 0 Å². The molecule has 0 fully saturated rings. The van der Waals surface area contributed by atoms with Crippen LogP contribution in [0.15, 0.2) is 6.20 Å². The Morgan fingerprint density at radius 1 is 1.42 bits per heavy atom. The van der Waals surface area contributed by atoms with Crippen molar-refractivity contribution in [1.82, 2.24) is 9.55 Å². The van der Waals surface area contributed by atoms with Gasteiger partial charge in [-0.05, 0) is 20.8 Å². The summed E-state index contributed by atoms with van der Waals surface area (Å²) >= 11 is 0. The van der Waals surface area contributed by atoms with Crippen LogP contribution in [0.2, 0.25) is 0 Å². The second-order valence-corrected chi connectivity index (χ2v) is 3.58. The van der Waals surface area contributed by atoms with Crippen LogP contribution >= 0.6 is 0 Å². The van der Waals surface area contributed by atoms with Crippen molar-refractivity contribution >= 4 is 5.95 Å². The molecule has 68 valence electrons. The van der Waals surface area contributed by atoms with E-state index < -0.39 is 0 Å². The van der Waals surface area contributed by atoms with E-state index in [1.165, 1.54) is 0 Å². The average molecular weight is 167 g/mol. The SMILES string of the molecule is Cc1cn(C(C)C)c(N(C)C)n1. The zero-order chi connectivity index (χ0) is 9.30. The number of aromatic nitrogens is 2. The zero-order valence-electron chi connectivity index (χ0n) is 8.50. The van der Waals surface area contributed by atoms with Gasteiger partial charge in [-0.25, -0.2) is 4.98 Å². The van der Waals surface area contributed by atoms with Gasteiger partial charge in [0.05, 0.1) is 5.69 Å². The van der Waals surface area contributed by atoms with Crippen molar-refractivity contribution in [2.45, 2.75) is 26.8 Å². The molecule has 1 aromatic heterocycles. The van der Waals surface area contributed by atoms with Crippen LogP contribution in [0.25, 0.3) is 0 Å². The Labute approximate surface area is 74.0 Å². The molecule has 0 aliphatic rings. The Balaban J connectivity index is 3.08. The second-order valence-electron chi connectivity index (χ2n) is 3.58. The van der Waals surface area contributed by atoms with Crippen molar-refractivity contribution in [3.8, 4) is 0 Å². The van der Waals surface area contributed by atoms with E-state index in [1.54, 1.807) is 0 Å². The number of aryl methyl sites for hydroxylation is 1. The summed E-state index contributed by atoms with van der Waals surface area (Å²) in [6, 6.07) is 0.476. The van der Waals surface area contributed by atoms with E-state index in [0.717, 1.165) is 11.6 Å². The van der Waals surface area contributed by atoms with Crippen LogP contribution in [0, 0.1) is 6.92 Å². The lowest BCUT2D eigenvalue weighted by atomic mass is 10.4. The van der Waals surface area contributed by atoms with Crippen molar-refractivity contribution < 1.29 is 0 Å². The van der Waals surface area contributed by atoms with E-state index in [-0.39, 0.29) is 0 Å². The van der Waals surface area contributed by atoms with Gasteiger partial charge in [0.1, 0.15) is 0 Å². The smallest absolute Gasteiger partial charge is 0.205 e. The Kier molecular flexibility index (Phi) is 2.40. The lowest BCUT2D eigenvalue weighted by Crippen LogP contribution is -2.16. The van der Waals surface area contributed by atoms with E-state index in [4.69, 9.17) is 0 Å². The molecule has 0 saturated carbocycles. The monoisotopic (exact) mass is 167 g/mol. The second kappa shape index (κ2) is 3.17. The van der Waals surface area contributed by atoms with Gasteiger partial charge < -0.3 is 9.47 Å². The first kappa shape index (κ1) is 9.10. The molecule has 0 unspecified atom stereocenters. The summed E-state index contributed by atoms with van der Waals surface area (Å²) in [4.78, 5) is 6.46. The molecule has 0 aliphatic carbocycles. The number of rotatable bonds is 2. The molecule has 3 nitrogen and oxygen atoms in total. The third-order valence-electron chi connectivity index (χ3n) is 1.79. The molecule has 3 heteroatoms. The molecule has 0 aliphatic heterocycles. The van der Waals surface area contributed by atoms with Gasteiger partial charge >= 0.3 is 0 Å². The molecule has 0 saturated heterocycles. The maximum atomic E-state index is 4.42. The predicted octanol–water partition coefficient (Wildman–Crippen LogP) is 1.84. The van der Waals surface area contributed by atoms with Crippen LogP contribution in [0.1, 0.15) is 25.6 Å². The first-order valence-corrected chi connectivity index (χ1v) is 4.25. The Hall–Kier alpha value is -0.990. The molecular weight excluding hydrogens is 150 g/mol. The molecule has 0 spiro atoms. The molecule has 0 atom stereocenters. The third-order valence-corrected chi connectivity index (χ3v) is 1.79. The van der Waals surface area contributed by atoms with E-state index >= 15 is 0 Å². The highest BCUT2D eigenvalue weighted by molar-refractivity contribution is 5.31. The largest absolute Gasteiger partial charge is 0.348 e. The van der Waals surface area contributed by atoms with Crippen molar-refractivity contribution in [2.24, 2.45) is 0 Å². The molecule has 1 aromatic rings. The first-order chi connectivity index (χ1) is 5.52. The average Bonchev–Trinajstić information content (AvgIpc) is 2.31. The van der Waals surface area contributed by atoms with Crippen LogP contribution in [-0.4, -0.2) is 23.6 Å². The van der Waals surface area contributed by atoms with Crippen molar-refractivity contribution in [3.05, 3.63) is 11.9 Å². The third kappa shape index (κ3) is 1.60. The molecule has 0 N–H and O–H groups in total. The first-order valence-electron chi connectivity index (χ1n) is 4.25. The van der Waals surface area contributed by atoms with Crippen LogP contribution < -0.4 is 4.90 Å². The van der Waals surface area contributed by atoms with Gasteiger partial charge in [-0.15, -0.1) is 0 Å². The molecule has 1 heterocycles. The highest BCUT2D eigenvalue weighted by Crippen LogP contribution is 2.16. The minimum atomic E-state index is 0.476. The maximum Gasteiger partial charge on any atom is 0.205 e. The van der Waals surface area contributed by atoms with Crippen LogP contribution in [-0.2, 0) is 0 Å². The van der Waals surface area contributed by atoms with Crippen molar-refractivity contribution in [1.29, 1.82) is 0 Å². The summed E-state index contributed by atoms with van der Waals surface area (Å²) in [7, 11) is 4.03. The highest BCUT2D eigenvalue weighted by atomic mass is 15.3. The van der Waals surface area contributed by atoms with Gasteiger partial charge in [0.25, 0.3) is 0 Å². The Bertz CT molecular complexity index is 235. The standard InChI is InChI=1S/C9H17N3/c1-7(2)12-6-8(3)10-9(12)11(4)5/h6-7H,1-5H3. The van der Waals surface area contributed by atoms with Gasteiger partial charge in [-0.3, -0.25) is 0 Å². The summed E-state index contributed by atoms with van der Waals surface area (Å²) < 4.78 is 2.18. The van der Waals surface area contributed by atoms with Gasteiger partial charge in [0, 0.05) is 26.3 Å². The Morgan fingerprint density at radius 2 is 2.00 bits per heavy atom. The normalized spacial score (nSPS) is 10.8. The summed E-state index contributed by atoms with van der Waals surface area (Å²) in [5.41, 5.74) is 1.08. The summed E-state index contributed by atoms with van der Waals surface area (Å²) in [6.07, 6.45) is 2.08. The van der Waals surface area contributed by atoms with E-state index in [0.29, 0.717) is 6.04 Å². The quantitative estimate of drug-likeness (QED) is 0.670. The number of nitrogens with zero attached hydrogens (tertiary/aromatic N) is 3.